The molecular weight excluding hydrogens is 206 g/mol. The molecule has 0 aromatic carbocycles. The van der Waals surface area contributed by atoms with Crippen molar-refractivity contribution in [1.29, 1.82) is 0 Å². The second kappa shape index (κ2) is 5.24. The summed E-state index contributed by atoms with van der Waals surface area (Å²) in [4.78, 5) is 4.91. The summed E-state index contributed by atoms with van der Waals surface area (Å²) >= 11 is 1.90. The number of nitrogens with zero attached hydrogens (tertiary/aromatic N) is 1. The van der Waals surface area contributed by atoms with Crippen molar-refractivity contribution in [3.63, 3.8) is 0 Å². The highest BCUT2D eigenvalue weighted by atomic mass is 32.2. The van der Waals surface area contributed by atoms with Gasteiger partial charge in [-0.1, -0.05) is 25.9 Å². The molecule has 0 N–H and O–H groups in total. The fourth-order valence-corrected chi connectivity index (χ4v) is 3.09. The minimum atomic E-state index is 0.423. The van der Waals surface area contributed by atoms with Crippen molar-refractivity contribution < 1.29 is 4.84 Å². The molecule has 0 radical (unpaired) electrons. The second-order valence-corrected chi connectivity index (χ2v) is 6.37. The predicted molar refractivity (Wildman–Crippen MR) is 68.5 cm³/mol. The third-order valence-corrected chi connectivity index (χ3v) is 4.37. The molecule has 0 saturated heterocycles. The quantitative estimate of drug-likeness (QED) is 0.675. The maximum absolute atomic E-state index is 4.91. The lowest BCUT2D eigenvalue weighted by molar-refractivity contribution is 0.193. The molecule has 1 fully saturated rings. The van der Waals surface area contributed by atoms with Gasteiger partial charge in [-0.05, 0) is 36.9 Å². The third-order valence-electron chi connectivity index (χ3n) is 3.34. The normalized spacial score (nSPS) is 30.6. The molecule has 15 heavy (non-hydrogen) atoms. The average Bonchev–Trinajstić information content (AvgIpc) is 2.17. The van der Waals surface area contributed by atoms with Gasteiger partial charge >= 0.3 is 0 Å². The van der Waals surface area contributed by atoms with E-state index in [2.05, 4.69) is 32.2 Å². The SMILES string of the molecule is CO/N=C1/CC[C@H](C(C)(C)C)C[C@H]1SC. The summed E-state index contributed by atoms with van der Waals surface area (Å²) in [7, 11) is 1.64. The molecule has 0 unspecified atom stereocenters. The van der Waals surface area contributed by atoms with E-state index in [1.807, 2.05) is 11.8 Å². The number of hydrogen-bond donors (Lipinski definition) is 0. The van der Waals surface area contributed by atoms with Crippen molar-refractivity contribution >= 4 is 17.5 Å². The molecule has 0 aromatic heterocycles. The zero-order chi connectivity index (χ0) is 11.5. The minimum absolute atomic E-state index is 0.423. The Kier molecular flexibility index (Phi) is 4.50. The van der Waals surface area contributed by atoms with Gasteiger partial charge in [-0.15, -0.1) is 0 Å². The topological polar surface area (TPSA) is 21.6 Å². The fraction of sp³-hybridized carbons (Fsp3) is 0.917. The van der Waals surface area contributed by atoms with E-state index in [0.717, 1.165) is 12.3 Å². The Hall–Kier alpha value is -0.180. The highest BCUT2D eigenvalue weighted by molar-refractivity contribution is 7.99. The van der Waals surface area contributed by atoms with Gasteiger partial charge in [0.1, 0.15) is 7.11 Å². The van der Waals surface area contributed by atoms with Crippen LogP contribution in [0.5, 0.6) is 0 Å². The van der Waals surface area contributed by atoms with E-state index in [1.54, 1.807) is 7.11 Å². The molecule has 0 aromatic rings. The van der Waals surface area contributed by atoms with E-state index >= 15 is 0 Å². The van der Waals surface area contributed by atoms with Crippen molar-refractivity contribution in [3.8, 4) is 0 Å². The second-order valence-electron chi connectivity index (χ2n) is 5.33. The summed E-state index contributed by atoms with van der Waals surface area (Å²) in [6.07, 6.45) is 5.76. The molecule has 0 aliphatic heterocycles. The van der Waals surface area contributed by atoms with Crippen molar-refractivity contribution in [1.82, 2.24) is 0 Å². The van der Waals surface area contributed by atoms with Gasteiger partial charge in [0.25, 0.3) is 0 Å². The molecule has 0 amide bonds. The maximum atomic E-state index is 4.91. The van der Waals surface area contributed by atoms with E-state index in [1.165, 1.54) is 18.6 Å². The molecule has 1 aliphatic rings. The molecule has 3 heteroatoms. The van der Waals surface area contributed by atoms with Crippen molar-refractivity contribution in [3.05, 3.63) is 0 Å². The number of oxime groups is 1. The van der Waals surface area contributed by atoms with Crippen LogP contribution in [0.4, 0.5) is 0 Å². The summed E-state index contributed by atoms with van der Waals surface area (Å²) in [5.41, 5.74) is 1.66. The van der Waals surface area contributed by atoms with Crippen LogP contribution in [-0.2, 0) is 4.84 Å². The molecule has 2 atom stereocenters. The lowest BCUT2D eigenvalue weighted by Gasteiger charge is -2.37. The summed E-state index contributed by atoms with van der Waals surface area (Å²) < 4.78 is 0. The Morgan fingerprint density at radius 1 is 1.40 bits per heavy atom. The Morgan fingerprint density at radius 2 is 2.07 bits per heavy atom. The number of hydrogen-bond acceptors (Lipinski definition) is 3. The summed E-state index contributed by atoms with van der Waals surface area (Å²) in [5.74, 6) is 0.811. The van der Waals surface area contributed by atoms with Gasteiger partial charge in [0.15, 0.2) is 0 Å². The zero-order valence-corrected chi connectivity index (χ0v) is 11.4. The molecule has 0 bridgehead atoms. The van der Waals surface area contributed by atoms with Gasteiger partial charge in [0, 0.05) is 5.25 Å². The first-order valence-electron chi connectivity index (χ1n) is 5.61. The molecular formula is C12H23NOS. The number of rotatable bonds is 2. The van der Waals surface area contributed by atoms with Crippen molar-refractivity contribution in [2.24, 2.45) is 16.5 Å². The summed E-state index contributed by atoms with van der Waals surface area (Å²) in [6.45, 7) is 7.02. The van der Waals surface area contributed by atoms with Crippen LogP contribution >= 0.6 is 11.8 Å². The van der Waals surface area contributed by atoms with Crippen molar-refractivity contribution in [2.75, 3.05) is 13.4 Å². The lowest BCUT2D eigenvalue weighted by Crippen LogP contribution is -2.33. The Bertz CT molecular complexity index is 232. The van der Waals surface area contributed by atoms with Crippen LogP contribution in [0.15, 0.2) is 5.16 Å². The smallest absolute Gasteiger partial charge is 0.106 e. The summed E-state index contributed by atoms with van der Waals surface area (Å²) in [5, 5.41) is 4.71. The Balaban J connectivity index is 2.67. The highest BCUT2D eigenvalue weighted by Crippen LogP contribution is 2.39. The summed E-state index contributed by atoms with van der Waals surface area (Å²) in [6, 6.07) is 0. The molecule has 1 saturated carbocycles. The first-order chi connectivity index (χ1) is 6.99. The van der Waals surface area contributed by atoms with E-state index in [-0.39, 0.29) is 0 Å². The standard InChI is InChI=1S/C12H23NOS/c1-12(2,3)9-6-7-10(13-14-4)11(8-9)15-5/h9,11H,6-8H2,1-5H3/b13-10-/t9-,11+/m0/s1. The van der Waals surface area contributed by atoms with Crippen LogP contribution in [0.25, 0.3) is 0 Å². The van der Waals surface area contributed by atoms with Crippen LogP contribution in [0, 0.1) is 11.3 Å². The van der Waals surface area contributed by atoms with Crippen LogP contribution in [-0.4, -0.2) is 24.3 Å². The van der Waals surface area contributed by atoms with Gasteiger partial charge in [-0.3, -0.25) is 0 Å². The molecule has 1 aliphatic carbocycles. The van der Waals surface area contributed by atoms with Crippen molar-refractivity contribution in [2.45, 2.75) is 45.3 Å². The number of thioether (sulfide) groups is 1. The Morgan fingerprint density at radius 3 is 2.53 bits per heavy atom. The monoisotopic (exact) mass is 229 g/mol. The van der Waals surface area contributed by atoms with Crippen LogP contribution in [0.3, 0.4) is 0 Å². The van der Waals surface area contributed by atoms with E-state index in [4.69, 9.17) is 4.84 Å². The van der Waals surface area contributed by atoms with E-state index in [0.29, 0.717) is 10.7 Å². The largest absolute Gasteiger partial charge is 0.399 e. The van der Waals surface area contributed by atoms with Gasteiger partial charge in [-0.25, -0.2) is 0 Å². The van der Waals surface area contributed by atoms with E-state index < -0.39 is 0 Å². The van der Waals surface area contributed by atoms with Crippen LogP contribution in [0.2, 0.25) is 0 Å². The maximum Gasteiger partial charge on any atom is 0.106 e. The first-order valence-corrected chi connectivity index (χ1v) is 6.90. The first kappa shape index (κ1) is 12.9. The molecule has 1 rings (SSSR count). The van der Waals surface area contributed by atoms with Gasteiger partial charge in [0.2, 0.25) is 0 Å². The molecule has 2 nitrogen and oxygen atoms in total. The average molecular weight is 229 g/mol. The molecule has 0 heterocycles. The highest BCUT2D eigenvalue weighted by Gasteiger charge is 2.33. The Labute approximate surface area is 97.8 Å². The van der Waals surface area contributed by atoms with Crippen LogP contribution in [0.1, 0.15) is 40.0 Å². The lowest BCUT2D eigenvalue weighted by atomic mass is 9.72. The molecule has 0 spiro atoms. The zero-order valence-electron chi connectivity index (χ0n) is 10.5. The minimum Gasteiger partial charge on any atom is -0.399 e. The third kappa shape index (κ3) is 3.40. The van der Waals surface area contributed by atoms with E-state index in [9.17, 15) is 0 Å². The van der Waals surface area contributed by atoms with Gasteiger partial charge in [-0.2, -0.15) is 11.8 Å². The predicted octanol–water partition coefficient (Wildman–Crippen LogP) is 3.57. The van der Waals surface area contributed by atoms with Gasteiger partial charge in [0.05, 0.1) is 5.71 Å². The van der Waals surface area contributed by atoms with Gasteiger partial charge < -0.3 is 4.84 Å². The fourth-order valence-electron chi connectivity index (χ4n) is 2.24. The molecule has 88 valence electrons. The van der Waals surface area contributed by atoms with Crippen LogP contribution < -0.4 is 0 Å².